The van der Waals surface area contributed by atoms with E-state index < -0.39 is 13.0 Å². The molecule has 1 aromatic heterocycles. The van der Waals surface area contributed by atoms with Crippen molar-refractivity contribution >= 4 is 28.8 Å². The van der Waals surface area contributed by atoms with Crippen LogP contribution in [0.2, 0.25) is 0 Å². The standard InChI is InChI=1S/C22H21N2O2P/c1-2-24-20-16-10-9-15-19(20)23-21(24)22(25)27(26,17-11-5-3-6-12-17)18-13-7-4-8-14-18/h3-16,22,25H,2H2,1H3. The Labute approximate surface area is 158 Å². The first-order valence-corrected chi connectivity index (χ1v) is 10.8. The fraction of sp³-hybridized carbons (Fsp3) is 0.136. The lowest BCUT2D eigenvalue weighted by molar-refractivity contribution is 0.242. The Hall–Kier alpha value is -2.68. The lowest BCUT2D eigenvalue weighted by Gasteiger charge is -2.25. The minimum absolute atomic E-state index is 0.440. The van der Waals surface area contributed by atoms with Crippen LogP contribution in [-0.4, -0.2) is 14.7 Å². The zero-order chi connectivity index (χ0) is 18.9. The Morgan fingerprint density at radius 1 is 0.889 bits per heavy atom. The smallest absolute Gasteiger partial charge is 0.177 e. The molecule has 0 saturated heterocycles. The topological polar surface area (TPSA) is 55.1 Å². The second-order valence-electron chi connectivity index (χ2n) is 6.41. The first-order chi connectivity index (χ1) is 13.2. The van der Waals surface area contributed by atoms with Gasteiger partial charge in [0.2, 0.25) is 0 Å². The Morgan fingerprint density at radius 2 is 1.41 bits per heavy atom. The number of fused-ring (bicyclic) bond motifs is 1. The number of imidazole rings is 1. The molecule has 0 saturated carbocycles. The fourth-order valence-corrected chi connectivity index (χ4v) is 6.13. The molecule has 136 valence electrons. The van der Waals surface area contributed by atoms with E-state index in [1.54, 1.807) is 0 Å². The summed E-state index contributed by atoms with van der Waals surface area (Å²) in [4.78, 5) is 4.64. The quantitative estimate of drug-likeness (QED) is 0.535. The molecule has 27 heavy (non-hydrogen) atoms. The maximum Gasteiger partial charge on any atom is 0.177 e. The highest BCUT2D eigenvalue weighted by molar-refractivity contribution is 7.78. The molecule has 0 amide bonds. The van der Waals surface area contributed by atoms with Crippen LogP contribution >= 0.6 is 7.14 Å². The second kappa shape index (κ2) is 7.15. The molecule has 0 spiro atoms. The molecular weight excluding hydrogens is 355 g/mol. The van der Waals surface area contributed by atoms with E-state index in [1.165, 1.54) is 0 Å². The number of hydrogen-bond acceptors (Lipinski definition) is 3. The maximum absolute atomic E-state index is 14.4. The van der Waals surface area contributed by atoms with Crippen molar-refractivity contribution in [1.29, 1.82) is 0 Å². The van der Waals surface area contributed by atoms with Gasteiger partial charge in [0.15, 0.2) is 13.0 Å². The number of nitrogens with zero attached hydrogens (tertiary/aromatic N) is 2. The molecule has 4 rings (SSSR count). The van der Waals surface area contributed by atoms with Crippen molar-refractivity contribution in [1.82, 2.24) is 9.55 Å². The zero-order valence-electron chi connectivity index (χ0n) is 15.1. The van der Waals surface area contributed by atoms with Crippen LogP contribution in [0.1, 0.15) is 18.6 Å². The van der Waals surface area contributed by atoms with Crippen LogP contribution in [-0.2, 0) is 11.1 Å². The summed E-state index contributed by atoms with van der Waals surface area (Å²) < 4.78 is 16.3. The normalized spacial score (nSPS) is 13.0. The molecule has 0 aliphatic carbocycles. The number of aliphatic hydroxyl groups excluding tert-OH is 1. The van der Waals surface area contributed by atoms with Gasteiger partial charge in [-0.2, -0.15) is 0 Å². The van der Waals surface area contributed by atoms with Crippen molar-refractivity contribution in [2.24, 2.45) is 0 Å². The summed E-state index contributed by atoms with van der Waals surface area (Å²) in [5, 5.41) is 12.7. The number of aliphatic hydroxyl groups is 1. The Kier molecular flexibility index (Phi) is 4.69. The van der Waals surface area contributed by atoms with E-state index in [9.17, 15) is 9.67 Å². The Balaban J connectivity index is 1.96. The van der Waals surface area contributed by atoms with Crippen molar-refractivity contribution in [3.05, 3.63) is 90.8 Å². The van der Waals surface area contributed by atoms with Gasteiger partial charge in [0.25, 0.3) is 0 Å². The third kappa shape index (κ3) is 2.91. The first-order valence-electron chi connectivity index (χ1n) is 9.00. The maximum atomic E-state index is 14.4. The highest BCUT2D eigenvalue weighted by Gasteiger charge is 2.39. The van der Waals surface area contributed by atoms with Crippen LogP contribution in [0.3, 0.4) is 0 Å². The molecule has 4 aromatic rings. The summed E-state index contributed by atoms with van der Waals surface area (Å²) in [6, 6.07) is 26.2. The lowest BCUT2D eigenvalue weighted by atomic mass is 10.3. The lowest BCUT2D eigenvalue weighted by Crippen LogP contribution is -2.23. The van der Waals surface area contributed by atoms with Gasteiger partial charge < -0.3 is 14.2 Å². The SMILES string of the molecule is CCn1c(C(O)P(=O)(c2ccccc2)c2ccccc2)nc2ccccc21. The van der Waals surface area contributed by atoms with Crippen LogP contribution in [0.15, 0.2) is 84.9 Å². The third-order valence-corrected chi connectivity index (χ3v) is 7.91. The molecule has 0 radical (unpaired) electrons. The van der Waals surface area contributed by atoms with Crippen LogP contribution < -0.4 is 10.6 Å². The molecule has 1 atom stereocenters. The van der Waals surface area contributed by atoms with Gasteiger partial charge in [-0.05, 0) is 19.1 Å². The number of benzene rings is 3. The number of rotatable bonds is 5. The molecule has 0 bridgehead atoms. The van der Waals surface area contributed by atoms with E-state index in [4.69, 9.17) is 0 Å². The van der Waals surface area contributed by atoms with Crippen molar-refractivity contribution in [3.8, 4) is 0 Å². The summed E-state index contributed by atoms with van der Waals surface area (Å²) in [6.45, 7) is 2.64. The molecule has 5 heteroatoms. The van der Waals surface area contributed by atoms with Crippen LogP contribution in [0.5, 0.6) is 0 Å². The molecule has 1 unspecified atom stereocenters. The van der Waals surface area contributed by atoms with Gasteiger partial charge in [-0.3, -0.25) is 0 Å². The molecule has 0 fully saturated rings. The number of aromatic nitrogens is 2. The van der Waals surface area contributed by atoms with Crippen molar-refractivity contribution < 1.29 is 9.67 Å². The van der Waals surface area contributed by atoms with Crippen molar-refractivity contribution in [2.45, 2.75) is 19.3 Å². The predicted octanol–water partition coefficient (Wildman–Crippen LogP) is 4.06. The van der Waals surface area contributed by atoms with E-state index in [0.717, 1.165) is 11.0 Å². The number of aryl methyl sites for hydroxylation is 1. The molecule has 3 aromatic carbocycles. The van der Waals surface area contributed by atoms with Gasteiger partial charge >= 0.3 is 0 Å². The monoisotopic (exact) mass is 376 g/mol. The second-order valence-corrected chi connectivity index (χ2v) is 9.24. The van der Waals surface area contributed by atoms with Gasteiger partial charge in [-0.15, -0.1) is 0 Å². The van der Waals surface area contributed by atoms with Gasteiger partial charge in [0, 0.05) is 17.2 Å². The van der Waals surface area contributed by atoms with Crippen LogP contribution in [0.25, 0.3) is 11.0 Å². The van der Waals surface area contributed by atoms with Crippen LogP contribution in [0, 0.1) is 0 Å². The largest absolute Gasteiger partial charge is 0.377 e. The van der Waals surface area contributed by atoms with E-state index in [2.05, 4.69) is 4.98 Å². The zero-order valence-corrected chi connectivity index (χ0v) is 16.0. The first kappa shape index (κ1) is 17.7. The van der Waals surface area contributed by atoms with E-state index >= 15 is 0 Å². The molecular formula is C22H21N2O2P. The number of hydrogen-bond donors (Lipinski definition) is 1. The summed E-state index contributed by atoms with van der Waals surface area (Å²) in [7, 11) is -3.36. The molecule has 1 N–H and O–H groups in total. The minimum Gasteiger partial charge on any atom is -0.377 e. The van der Waals surface area contributed by atoms with E-state index in [1.807, 2.05) is 96.4 Å². The number of para-hydroxylation sites is 2. The average molecular weight is 376 g/mol. The molecule has 4 nitrogen and oxygen atoms in total. The summed E-state index contributed by atoms with van der Waals surface area (Å²) in [6.07, 6.45) is 0. The fourth-order valence-electron chi connectivity index (χ4n) is 3.52. The van der Waals surface area contributed by atoms with Crippen molar-refractivity contribution in [3.63, 3.8) is 0 Å². The highest BCUT2D eigenvalue weighted by Crippen LogP contribution is 2.55. The third-order valence-electron chi connectivity index (χ3n) is 4.86. The average Bonchev–Trinajstić information content (AvgIpc) is 3.12. The summed E-state index contributed by atoms with van der Waals surface area (Å²) in [5.74, 6) is -0.788. The molecule has 0 aliphatic rings. The summed E-state index contributed by atoms with van der Waals surface area (Å²) >= 11 is 0. The van der Waals surface area contributed by atoms with Crippen molar-refractivity contribution in [2.75, 3.05) is 0 Å². The van der Waals surface area contributed by atoms with E-state index in [-0.39, 0.29) is 0 Å². The van der Waals surface area contributed by atoms with Gasteiger partial charge in [-0.1, -0.05) is 72.8 Å². The van der Waals surface area contributed by atoms with Gasteiger partial charge in [0.1, 0.15) is 5.82 Å². The Morgan fingerprint density at radius 3 is 1.96 bits per heavy atom. The highest BCUT2D eigenvalue weighted by atomic mass is 31.2. The van der Waals surface area contributed by atoms with Gasteiger partial charge in [0.05, 0.1) is 11.0 Å². The van der Waals surface area contributed by atoms with Crippen LogP contribution in [0.4, 0.5) is 0 Å². The minimum atomic E-state index is -3.36. The molecule has 0 aliphatic heterocycles. The van der Waals surface area contributed by atoms with E-state index in [0.29, 0.717) is 23.0 Å². The summed E-state index contributed by atoms with van der Waals surface area (Å²) in [5.41, 5.74) is 1.72. The molecule has 1 heterocycles. The van der Waals surface area contributed by atoms with Gasteiger partial charge in [-0.25, -0.2) is 4.98 Å². The Bertz CT molecular complexity index is 1060. The predicted molar refractivity (Wildman–Crippen MR) is 110 cm³/mol.